The Balaban J connectivity index is 1.33. The molecule has 1 N–H and O–H groups in total. The Bertz CT molecular complexity index is 1070. The van der Waals surface area contributed by atoms with Crippen LogP contribution in [0.2, 0.25) is 0 Å². The van der Waals surface area contributed by atoms with Crippen LogP contribution in [0.5, 0.6) is 5.75 Å². The summed E-state index contributed by atoms with van der Waals surface area (Å²) < 4.78 is 13.1. The second-order valence-electron chi connectivity index (χ2n) is 8.61. The number of nitrogens with zero attached hydrogens (tertiary/aromatic N) is 4. The van der Waals surface area contributed by atoms with E-state index in [2.05, 4.69) is 55.3 Å². The number of ether oxygens (including phenoxy) is 2. The van der Waals surface area contributed by atoms with E-state index in [-0.39, 0.29) is 11.9 Å². The third kappa shape index (κ3) is 6.42. The van der Waals surface area contributed by atoms with Crippen LogP contribution in [-0.2, 0) is 35.6 Å². The van der Waals surface area contributed by atoms with E-state index in [9.17, 15) is 4.79 Å². The smallest absolute Gasteiger partial charge is 0.222 e. The van der Waals surface area contributed by atoms with Gasteiger partial charge >= 0.3 is 0 Å². The maximum Gasteiger partial charge on any atom is 0.222 e. The molecule has 0 radical (unpaired) electrons. The van der Waals surface area contributed by atoms with Crippen LogP contribution in [-0.4, -0.2) is 52.4 Å². The molecule has 0 aliphatic carbocycles. The minimum atomic E-state index is -0.199. The Hall–Kier alpha value is -3.23. The van der Waals surface area contributed by atoms with Crippen LogP contribution in [0.4, 0.5) is 0 Å². The van der Waals surface area contributed by atoms with Crippen molar-refractivity contribution in [2.75, 3.05) is 26.8 Å². The van der Waals surface area contributed by atoms with E-state index in [1.165, 1.54) is 5.56 Å². The molecule has 0 saturated carbocycles. The maximum atomic E-state index is 12.1. The minimum absolute atomic E-state index is 0.0451. The van der Waals surface area contributed by atoms with Crippen LogP contribution >= 0.6 is 0 Å². The average molecular weight is 464 g/mol. The quantitative estimate of drug-likeness (QED) is 0.498. The number of fused-ring (bicyclic) bond motifs is 1. The molecule has 1 aromatic heterocycles. The van der Waals surface area contributed by atoms with Crippen molar-refractivity contribution in [2.24, 2.45) is 0 Å². The van der Waals surface area contributed by atoms with E-state index >= 15 is 0 Å². The number of benzene rings is 2. The minimum Gasteiger partial charge on any atom is -0.489 e. The summed E-state index contributed by atoms with van der Waals surface area (Å²) in [6, 6.07) is 18.3. The zero-order chi connectivity index (χ0) is 23.8. The SMILES string of the molecule is COCCC(=O)N[C@@H](C)c1nnc2n1CCN(Cc1cccc(OCc3ccccc3)c1)CC2. The Morgan fingerprint density at radius 2 is 1.88 bits per heavy atom. The van der Waals surface area contributed by atoms with Gasteiger partial charge in [0.05, 0.1) is 12.6 Å². The number of carbonyl (C=O) groups excluding carboxylic acids is 1. The van der Waals surface area contributed by atoms with Crippen LogP contribution in [0.25, 0.3) is 0 Å². The van der Waals surface area contributed by atoms with E-state index in [0.29, 0.717) is 19.6 Å². The second kappa shape index (κ2) is 11.8. The predicted octanol–water partition coefficient (Wildman–Crippen LogP) is 3.13. The Morgan fingerprint density at radius 1 is 1.06 bits per heavy atom. The number of methoxy groups -OCH3 is 1. The predicted molar refractivity (Wildman–Crippen MR) is 129 cm³/mol. The molecular weight excluding hydrogens is 430 g/mol. The lowest BCUT2D eigenvalue weighted by molar-refractivity contribution is -0.122. The van der Waals surface area contributed by atoms with Crippen molar-refractivity contribution in [1.29, 1.82) is 0 Å². The first-order valence-corrected chi connectivity index (χ1v) is 11.8. The Morgan fingerprint density at radius 3 is 2.71 bits per heavy atom. The zero-order valence-electron chi connectivity index (χ0n) is 19.9. The highest BCUT2D eigenvalue weighted by Gasteiger charge is 2.22. The van der Waals surface area contributed by atoms with E-state index in [0.717, 1.165) is 55.6 Å². The molecule has 0 spiro atoms. The van der Waals surface area contributed by atoms with Crippen molar-refractivity contribution in [3.8, 4) is 5.75 Å². The van der Waals surface area contributed by atoms with Crippen LogP contribution in [0.15, 0.2) is 54.6 Å². The van der Waals surface area contributed by atoms with Crippen LogP contribution in [0, 0.1) is 0 Å². The maximum absolute atomic E-state index is 12.1. The number of aromatic nitrogens is 3. The van der Waals surface area contributed by atoms with Crippen molar-refractivity contribution in [2.45, 2.75) is 45.5 Å². The Kier molecular flexibility index (Phi) is 8.27. The summed E-state index contributed by atoms with van der Waals surface area (Å²) in [6.07, 6.45) is 1.16. The molecule has 1 aliphatic rings. The van der Waals surface area contributed by atoms with Gasteiger partial charge in [-0.05, 0) is 30.2 Å². The summed E-state index contributed by atoms with van der Waals surface area (Å²) in [5.74, 6) is 2.61. The molecule has 0 unspecified atom stereocenters. The van der Waals surface area contributed by atoms with E-state index in [4.69, 9.17) is 9.47 Å². The molecule has 8 nitrogen and oxygen atoms in total. The summed E-state index contributed by atoms with van der Waals surface area (Å²) in [6.45, 7) is 6.35. The third-order valence-corrected chi connectivity index (χ3v) is 6.00. The van der Waals surface area contributed by atoms with Crippen LogP contribution < -0.4 is 10.1 Å². The number of hydrogen-bond acceptors (Lipinski definition) is 6. The molecule has 4 rings (SSSR count). The van der Waals surface area contributed by atoms with Gasteiger partial charge in [-0.25, -0.2) is 0 Å². The first-order valence-electron chi connectivity index (χ1n) is 11.8. The van der Waals surface area contributed by atoms with Gasteiger partial charge in [0.15, 0.2) is 5.82 Å². The van der Waals surface area contributed by atoms with Gasteiger partial charge in [0.25, 0.3) is 0 Å². The molecule has 34 heavy (non-hydrogen) atoms. The van der Waals surface area contributed by atoms with Crippen molar-refractivity contribution in [1.82, 2.24) is 25.0 Å². The highest BCUT2D eigenvalue weighted by molar-refractivity contribution is 5.76. The second-order valence-corrected chi connectivity index (χ2v) is 8.61. The van der Waals surface area contributed by atoms with E-state index in [1.54, 1.807) is 7.11 Å². The third-order valence-electron chi connectivity index (χ3n) is 6.00. The van der Waals surface area contributed by atoms with Crippen molar-refractivity contribution in [3.05, 3.63) is 77.4 Å². The van der Waals surface area contributed by atoms with Crippen molar-refractivity contribution < 1.29 is 14.3 Å². The van der Waals surface area contributed by atoms with Crippen molar-refractivity contribution in [3.63, 3.8) is 0 Å². The first kappa shape index (κ1) is 23.9. The zero-order valence-corrected chi connectivity index (χ0v) is 19.9. The van der Waals surface area contributed by atoms with E-state index < -0.39 is 0 Å². The van der Waals surface area contributed by atoms with Gasteiger partial charge in [0, 0.05) is 46.1 Å². The molecule has 0 saturated heterocycles. The fourth-order valence-electron chi connectivity index (χ4n) is 4.17. The number of rotatable bonds is 10. The molecule has 0 bridgehead atoms. The fraction of sp³-hybridized carbons (Fsp3) is 0.423. The molecule has 2 heterocycles. The van der Waals surface area contributed by atoms with Crippen molar-refractivity contribution >= 4 is 5.91 Å². The summed E-state index contributed by atoms with van der Waals surface area (Å²) in [4.78, 5) is 14.5. The molecule has 2 aromatic carbocycles. The van der Waals surface area contributed by atoms with E-state index in [1.807, 2.05) is 31.2 Å². The number of carbonyl (C=O) groups is 1. The number of hydrogen-bond donors (Lipinski definition) is 1. The normalized spacial score (nSPS) is 14.8. The molecule has 8 heteroatoms. The first-order chi connectivity index (χ1) is 16.6. The topological polar surface area (TPSA) is 81.5 Å². The summed E-state index contributed by atoms with van der Waals surface area (Å²) in [7, 11) is 1.59. The molecule has 1 amide bonds. The van der Waals surface area contributed by atoms with Gasteiger partial charge in [0.1, 0.15) is 18.2 Å². The summed E-state index contributed by atoms with van der Waals surface area (Å²) in [5.41, 5.74) is 2.38. The monoisotopic (exact) mass is 463 g/mol. The lowest BCUT2D eigenvalue weighted by Crippen LogP contribution is -2.30. The van der Waals surface area contributed by atoms with Gasteiger partial charge in [0.2, 0.25) is 5.91 Å². The largest absolute Gasteiger partial charge is 0.489 e. The molecule has 1 atom stereocenters. The lowest BCUT2D eigenvalue weighted by atomic mass is 10.2. The number of amides is 1. The standard InChI is InChI=1S/C26H33N5O3/c1-20(27-25(32)12-16-33-2)26-29-28-24-11-13-30(14-15-31(24)26)18-22-9-6-10-23(17-22)34-19-21-7-4-3-5-8-21/h3-10,17,20H,11-16,18-19H2,1-2H3,(H,27,32)/t20-/m0/s1. The van der Waals surface area contributed by atoms with Gasteiger partial charge in [-0.2, -0.15) is 0 Å². The molecular formula is C26H33N5O3. The van der Waals surface area contributed by atoms with Gasteiger partial charge in [-0.15, -0.1) is 10.2 Å². The van der Waals surface area contributed by atoms with Crippen LogP contribution in [0.1, 0.15) is 42.2 Å². The fourth-order valence-corrected chi connectivity index (χ4v) is 4.17. The molecule has 0 fully saturated rings. The molecule has 3 aromatic rings. The Labute approximate surface area is 200 Å². The summed E-state index contributed by atoms with van der Waals surface area (Å²) >= 11 is 0. The lowest BCUT2D eigenvalue weighted by Gasteiger charge is -2.20. The summed E-state index contributed by atoms with van der Waals surface area (Å²) in [5, 5.41) is 11.8. The highest BCUT2D eigenvalue weighted by atomic mass is 16.5. The molecule has 1 aliphatic heterocycles. The highest BCUT2D eigenvalue weighted by Crippen LogP contribution is 2.19. The van der Waals surface area contributed by atoms with Gasteiger partial charge < -0.3 is 19.4 Å². The van der Waals surface area contributed by atoms with Crippen LogP contribution in [0.3, 0.4) is 0 Å². The molecule has 180 valence electrons. The average Bonchev–Trinajstić information content (AvgIpc) is 3.17. The van der Waals surface area contributed by atoms with Gasteiger partial charge in [-0.1, -0.05) is 42.5 Å². The number of nitrogens with one attached hydrogen (secondary N) is 1. The van der Waals surface area contributed by atoms with Gasteiger partial charge in [-0.3, -0.25) is 9.69 Å².